The summed E-state index contributed by atoms with van der Waals surface area (Å²) in [4.78, 5) is 68.5. The molecule has 10 nitrogen and oxygen atoms in total. The number of halogens is 2. The first-order chi connectivity index (χ1) is 21.6. The average molecular weight is 666 g/mol. The van der Waals surface area contributed by atoms with E-state index in [4.69, 9.17) is 27.9 Å². The number of fused-ring (bicyclic) bond motifs is 3. The first kappa shape index (κ1) is 33.8. The lowest BCUT2D eigenvalue weighted by Gasteiger charge is -2.36. The number of carbonyl (C=O) groups is 5. The number of carbonyl (C=O) groups excluding carboxylic acids is 5. The van der Waals surface area contributed by atoms with Crippen molar-refractivity contribution in [2.45, 2.75) is 106 Å². The Labute approximate surface area is 275 Å². The molecule has 0 radical (unpaired) electrons. The highest BCUT2D eigenvalue weighted by atomic mass is 35.5. The van der Waals surface area contributed by atoms with Crippen LogP contribution in [0.1, 0.15) is 77.0 Å². The largest absolute Gasteiger partial charge is 0.446 e. The van der Waals surface area contributed by atoms with E-state index in [1.54, 1.807) is 12.2 Å². The minimum atomic E-state index is -1.20. The number of ether oxygens (including phenoxy) is 1. The number of hydrogen-bond donors (Lipinski definition) is 3. The second-order valence-corrected chi connectivity index (χ2v) is 14.9. The molecule has 1 saturated heterocycles. The third-order valence-electron chi connectivity index (χ3n) is 10.6. The van der Waals surface area contributed by atoms with E-state index < -0.39 is 52.1 Å². The van der Waals surface area contributed by atoms with Crippen LogP contribution < -0.4 is 16.0 Å². The molecule has 5 rings (SSSR count). The van der Waals surface area contributed by atoms with Crippen LogP contribution in [0.25, 0.3) is 0 Å². The van der Waals surface area contributed by atoms with Crippen molar-refractivity contribution in [2.24, 2.45) is 29.6 Å². The van der Waals surface area contributed by atoms with Crippen LogP contribution >= 0.6 is 23.2 Å². The molecule has 2 bridgehead atoms. The molecule has 0 spiro atoms. The first-order valence-electron chi connectivity index (χ1n) is 16.6. The van der Waals surface area contributed by atoms with Crippen molar-refractivity contribution >= 4 is 52.8 Å². The van der Waals surface area contributed by atoms with E-state index in [1.807, 2.05) is 0 Å². The molecule has 45 heavy (non-hydrogen) atoms. The van der Waals surface area contributed by atoms with Gasteiger partial charge in [0.2, 0.25) is 17.6 Å². The van der Waals surface area contributed by atoms with Crippen molar-refractivity contribution in [3.63, 3.8) is 0 Å². The maximum Gasteiger partial charge on any atom is 0.408 e. The van der Waals surface area contributed by atoms with Gasteiger partial charge in [0.1, 0.15) is 22.5 Å². The number of allylic oxidation sites excluding steroid dienone is 1. The van der Waals surface area contributed by atoms with E-state index in [2.05, 4.69) is 29.1 Å². The van der Waals surface area contributed by atoms with Gasteiger partial charge in [-0.3, -0.25) is 19.2 Å². The Hall–Kier alpha value is -2.59. The zero-order valence-corrected chi connectivity index (χ0v) is 27.3. The number of hydrogen-bond acceptors (Lipinski definition) is 6. The number of nitrogens with zero attached hydrogens (tertiary/aromatic N) is 1. The van der Waals surface area contributed by atoms with Crippen LogP contribution in [-0.4, -0.2) is 76.2 Å². The third kappa shape index (κ3) is 7.37. The number of likely N-dealkylation sites (tertiary alicyclic amines) is 1. The molecule has 3 N–H and O–H groups in total. The molecule has 7 unspecified atom stereocenters. The zero-order chi connectivity index (χ0) is 32.3. The Morgan fingerprint density at radius 2 is 1.69 bits per heavy atom. The van der Waals surface area contributed by atoms with Crippen molar-refractivity contribution in [3.05, 3.63) is 25.3 Å². The number of nitrogens with one attached hydrogen (secondary N) is 3. The molecule has 4 amide bonds. The number of ketones is 1. The summed E-state index contributed by atoms with van der Waals surface area (Å²) in [6, 6.07) is -3.05. The Morgan fingerprint density at radius 3 is 2.33 bits per heavy atom. The molecule has 5 fully saturated rings. The molecule has 0 aromatic heterocycles. The van der Waals surface area contributed by atoms with Gasteiger partial charge in [-0.1, -0.05) is 31.4 Å². The maximum atomic E-state index is 14.3. The van der Waals surface area contributed by atoms with Gasteiger partial charge in [0, 0.05) is 24.9 Å². The number of piperidine rings is 1. The molecule has 0 aromatic carbocycles. The molecular weight excluding hydrogens is 619 g/mol. The lowest BCUT2D eigenvalue weighted by Crippen LogP contribution is -2.60. The zero-order valence-electron chi connectivity index (χ0n) is 25.8. The van der Waals surface area contributed by atoms with Gasteiger partial charge >= 0.3 is 6.09 Å². The van der Waals surface area contributed by atoms with Crippen molar-refractivity contribution in [3.8, 4) is 0 Å². The van der Waals surface area contributed by atoms with Crippen LogP contribution in [0.3, 0.4) is 0 Å². The summed E-state index contributed by atoms with van der Waals surface area (Å²) in [6.45, 7) is 7.68. The van der Waals surface area contributed by atoms with Crippen LogP contribution in [0, 0.1) is 29.6 Å². The second kappa shape index (κ2) is 14.4. The van der Waals surface area contributed by atoms with E-state index in [-0.39, 0.29) is 43.4 Å². The number of Topliss-reactive ketones (excluding diaryl/α,β-unsaturated/α-hetero) is 1. The van der Waals surface area contributed by atoms with Gasteiger partial charge < -0.3 is 25.6 Å². The molecule has 1 heterocycles. The number of rotatable bonds is 14. The number of amides is 4. The second-order valence-electron chi connectivity index (χ2n) is 13.5. The summed E-state index contributed by atoms with van der Waals surface area (Å²) in [5.74, 6) is -2.58. The molecule has 4 saturated carbocycles. The van der Waals surface area contributed by atoms with Gasteiger partial charge in [-0.15, -0.1) is 36.4 Å². The highest BCUT2D eigenvalue weighted by Gasteiger charge is 2.74. The lowest BCUT2D eigenvalue weighted by molar-refractivity contribution is -0.144. The molecule has 5 aliphatic rings. The summed E-state index contributed by atoms with van der Waals surface area (Å²) in [6.07, 6.45) is 12.2. The molecule has 0 aromatic rings. The van der Waals surface area contributed by atoms with E-state index in [9.17, 15) is 24.0 Å². The van der Waals surface area contributed by atoms with E-state index >= 15 is 0 Å². The highest BCUT2D eigenvalue weighted by molar-refractivity contribution is 6.51. The fourth-order valence-corrected chi connectivity index (χ4v) is 8.96. The van der Waals surface area contributed by atoms with Crippen LogP contribution in [0.4, 0.5) is 4.79 Å². The quantitative estimate of drug-likeness (QED) is 0.110. The molecule has 248 valence electrons. The van der Waals surface area contributed by atoms with Gasteiger partial charge in [0.15, 0.2) is 0 Å². The van der Waals surface area contributed by atoms with Gasteiger partial charge in [-0.2, -0.15) is 0 Å². The minimum absolute atomic E-state index is 0.0996. The Bertz CT molecular complexity index is 1190. The Kier molecular flexibility index (Phi) is 10.8. The van der Waals surface area contributed by atoms with E-state index in [0.29, 0.717) is 24.7 Å². The van der Waals surface area contributed by atoms with E-state index in [0.717, 1.165) is 51.4 Å². The molecule has 1 aliphatic heterocycles. The monoisotopic (exact) mass is 664 g/mol. The molecule has 8 atom stereocenters. The number of alkyl carbamates (subject to hydrolysis) is 1. The van der Waals surface area contributed by atoms with Gasteiger partial charge in [-0.25, -0.2) is 4.79 Å². The smallest absolute Gasteiger partial charge is 0.408 e. The predicted octanol–water partition coefficient (Wildman–Crippen LogP) is 4.19. The summed E-state index contributed by atoms with van der Waals surface area (Å²) >= 11 is 13.1. The minimum Gasteiger partial charge on any atom is -0.446 e. The van der Waals surface area contributed by atoms with Crippen molar-refractivity contribution in [2.75, 3.05) is 13.1 Å². The van der Waals surface area contributed by atoms with Gasteiger partial charge in [-0.05, 0) is 75.5 Å². The predicted molar refractivity (Wildman–Crippen MR) is 170 cm³/mol. The fourth-order valence-electron chi connectivity index (χ4n) is 8.13. The first-order valence-corrected chi connectivity index (χ1v) is 17.3. The molecular formula is C33H46Cl2N4O6. The lowest BCUT2D eigenvalue weighted by atomic mass is 9.83. The summed E-state index contributed by atoms with van der Waals surface area (Å²) in [5, 5.41) is 8.19. The third-order valence-corrected chi connectivity index (χ3v) is 11.7. The normalized spacial score (nSPS) is 30.8. The van der Waals surface area contributed by atoms with Crippen LogP contribution in [-0.2, 0) is 23.9 Å². The highest BCUT2D eigenvalue weighted by Crippen LogP contribution is 2.65. The molecule has 4 aliphatic carbocycles. The van der Waals surface area contributed by atoms with Gasteiger partial charge in [0.05, 0.1) is 6.04 Å². The van der Waals surface area contributed by atoms with Crippen LogP contribution in [0.15, 0.2) is 25.3 Å². The molecule has 12 heteroatoms. The average Bonchev–Trinajstić information content (AvgIpc) is 3.54. The van der Waals surface area contributed by atoms with Crippen LogP contribution in [0.2, 0.25) is 0 Å². The van der Waals surface area contributed by atoms with Gasteiger partial charge in [0.25, 0.3) is 5.91 Å². The maximum absolute atomic E-state index is 14.3. The Morgan fingerprint density at radius 1 is 0.956 bits per heavy atom. The standard InChI is InChI=1S/C33H46Cl2N4O6/c1-3-5-12-23(28(40)30(42)36-15-6-4-2)37-29(41)27-25-22(33(25,34)35)18-39(27)31(43)26(20-10-8-7-9-11-20)38-32(44)45-24-17-19-13-14-21(24)16-19/h3-4,19-27H,1-2,5-18H2,(H,36,42)(H,37,41)(H,38,44)/t19?,21?,22?,23?,24?,25?,26?,27-/m0/s1. The summed E-state index contributed by atoms with van der Waals surface area (Å²) in [5.41, 5.74) is 0. The van der Waals surface area contributed by atoms with Crippen molar-refractivity contribution in [1.29, 1.82) is 0 Å². The topological polar surface area (TPSA) is 134 Å². The summed E-state index contributed by atoms with van der Waals surface area (Å²) in [7, 11) is 0. The number of alkyl halides is 2. The van der Waals surface area contributed by atoms with E-state index in [1.165, 1.54) is 11.3 Å². The Balaban J connectivity index is 1.31. The van der Waals surface area contributed by atoms with Crippen LogP contribution in [0.5, 0.6) is 0 Å². The fraction of sp³-hybridized carbons (Fsp3) is 0.727. The summed E-state index contributed by atoms with van der Waals surface area (Å²) < 4.78 is 4.66. The van der Waals surface area contributed by atoms with Crippen molar-refractivity contribution in [1.82, 2.24) is 20.9 Å². The SMILES string of the molecule is C=CCCNC(=O)C(=O)C(CCC=C)NC(=O)[C@@H]1C2C(CN1C(=O)C(NC(=O)OC1CC3CCC1C3)C1CCCCC1)C2(Cl)Cl. The van der Waals surface area contributed by atoms with Crippen molar-refractivity contribution < 1.29 is 28.7 Å².